The van der Waals surface area contributed by atoms with E-state index in [0.717, 1.165) is 49.5 Å². The number of aliphatic hydroxyl groups is 1. The average molecular weight is 484 g/mol. The molecule has 3 aromatic rings. The van der Waals surface area contributed by atoms with Crippen molar-refractivity contribution in [1.82, 2.24) is 14.7 Å². The van der Waals surface area contributed by atoms with Gasteiger partial charge in [-0.1, -0.05) is 41.4 Å². The second-order valence-electron chi connectivity index (χ2n) is 9.33. The first-order valence-electron chi connectivity index (χ1n) is 11.9. The molecule has 1 aromatic heterocycles. The van der Waals surface area contributed by atoms with Gasteiger partial charge in [0.15, 0.2) is 0 Å². The molecule has 1 N–H and O–H groups in total. The molecule has 6 nitrogen and oxygen atoms in total. The van der Waals surface area contributed by atoms with E-state index in [0.29, 0.717) is 31.2 Å². The van der Waals surface area contributed by atoms with Crippen molar-refractivity contribution in [1.29, 1.82) is 0 Å². The summed E-state index contributed by atoms with van der Waals surface area (Å²) >= 11 is 5.88. The van der Waals surface area contributed by atoms with Crippen molar-refractivity contribution in [2.24, 2.45) is 0 Å². The van der Waals surface area contributed by atoms with Crippen LogP contribution in [0.2, 0.25) is 5.02 Å². The summed E-state index contributed by atoms with van der Waals surface area (Å²) in [6, 6.07) is 14.4. The third-order valence-electron chi connectivity index (χ3n) is 6.36. The number of rotatable bonds is 9. The van der Waals surface area contributed by atoms with Crippen molar-refractivity contribution in [2.75, 3.05) is 26.3 Å². The van der Waals surface area contributed by atoms with Gasteiger partial charge in [-0.15, -0.1) is 0 Å². The summed E-state index contributed by atoms with van der Waals surface area (Å²) < 4.78 is 13.6. The molecule has 182 valence electrons. The lowest BCUT2D eigenvalue weighted by atomic mass is 9.96. The van der Waals surface area contributed by atoms with E-state index in [9.17, 15) is 5.11 Å². The number of likely N-dealkylation sites (tertiary alicyclic amines) is 1. The third-order valence-corrected chi connectivity index (χ3v) is 6.55. The largest absolute Gasteiger partial charge is 0.492 e. The van der Waals surface area contributed by atoms with Gasteiger partial charge in [0.2, 0.25) is 0 Å². The number of aryl methyl sites for hydroxylation is 2. The van der Waals surface area contributed by atoms with Gasteiger partial charge in [-0.05, 0) is 69.0 Å². The molecule has 0 spiro atoms. The van der Waals surface area contributed by atoms with Gasteiger partial charge in [0, 0.05) is 19.3 Å². The van der Waals surface area contributed by atoms with E-state index < -0.39 is 5.60 Å². The first kappa shape index (κ1) is 24.6. The smallest absolute Gasteiger partial charge is 0.122 e. The van der Waals surface area contributed by atoms with Crippen LogP contribution in [-0.4, -0.2) is 51.7 Å². The molecule has 34 heavy (non-hydrogen) atoms. The predicted octanol–water partition coefficient (Wildman–Crippen LogP) is 5.03. The number of nitrogens with zero attached hydrogens (tertiary/aromatic N) is 3. The van der Waals surface area contributed by atoms with Crippen LogP contribution < -0.4 is 9.47 Å². The van der Waals surface area contributed by atoms with Crippen molar-refractivity contribution >= 4 is 11.6 Å². The normalized spacial score (nSPS) is 19.1. The molecule has 1 saturated heterocycles. The molecule has 1 fully saturated rings. The topological polar surface area (TPSA) is 59.8 Å². The number of benzene rings is 2. The van der Waals surface area contributed by atoms with E-state index in [1.165, 1.54) is 11.1 Å². The highest BCUT2D eigenvalue weighted by atomic mass is 35.5. The van der Waals surface area contributed by atoms with Gasteiger partial charge in [-0.3, -0.25) is 9.58 Å². The van der Waals surface area contributed by atoms with Crippen LogP contribution in [0.1, 0.15) is 36.0 Å². The molecule has 0 saturated carbocycles. The summed E-state index contributed by atoms with van der Waals surface area (Å²) in [6.45, 7) is 8.32. The number of aromatic nitrogens is 2. The molecule has 7 heteroatoms. The Morgan fingerprint density at radius 3 is 2.62 bits per heavy atom. The van der Waals surface area contributed by atoms with E-state index in [1.807, 2.05) is 31.2 Å². The Labute approximate surface area is 207 Å². The van der Waals surface area contributed by atoms with Crippen LogP contribution in [0.5, 0.6) is 11.5 Å². The Bertz CT molecular complexity index is 1070. The Morgan fingerprint density at radius 1 is 1.06 bits per heavy atom. The fourth-order valence-corrected chi connectivity index (χ4v) is 4.53. The van der Waals surface area contributed by atoms with Crippen LogP contribution in [0.15, 0.2) is 54.9 Å². The predicted molar refractivity (Wildman–Crippen MR) is 135 cm³/mol. The molecule has 1 atom stereocenters. The molecule has 2 aromatic carbocycles. The zero-order valence-corrected chi connectivity index (χ0v) is 20.8. The monoisotopic (exact) mass is 483 g/mol. The summed E-state index contributed by atoms with van der Waals surface area (Å²) in [6.07, 6.45) is 5.81. The molecule has 0 aliphatic carbocycles. The van der Waals surface area contributed by atoms with Crippen LogP contribution in [0, 0.1) is 13.8 Å². The molecule has 1 aliphatic rings. The zero-order valence-electron chi connectivity index (χ0n) is 20.0. The van der Waals surface area contributed by atoms with E-state index in [1.54, 1.807) is 17.1 Å². The van der Waals surface area contributed by atoms with Crippen LogP contribution in [0.3, 0.4) is 0 Å². The maximum atomic E-state index is 11.2. The second-order valence-corrected chi connectivity index (χ2v) is 9.76. The van der Waals surface area contributed by atoms with E-state index >= 15 is 0 Å². The minimum atomic E-state index is -0.789. The van der Waals surface area contributed by atoms with Gasteiger partial charge >= 0.3 is 0 Å². The summed E-state index contributed by atoms with van der Waals surface area (Å²) in [5.41, 5.74) is 2.77. The fourth-order valence-electron chi connectivity index (χ4n) is 4.38. The molecule has 1 unspecified atom stereocenters. The Morgan fingerprint density at radius 2 is 1.88 bits per heavy atom. The van der Waals surface area contributed by atoms with E-state index in [2.05, 4.69) is 35.1 Å². The van der Waals surface area contributed by atoms with Crippen LogP contribution >= 0.6 is 11.6 Å². The Hall–Kier alpha value is -2.54. The van der Waals surface area contributed by atoms with Crippen LogP contribution in [0.4, 0.5) is 0 Å². The van der Waals surface area contributed by atoms with E-state index in [-0.39, 0.29) is 0 Å². The standard InChI is InChI=1S/C27H34ClN3O3/c1-21-4-9-26(22(2)16-21)34-20-27(32)10-3-12-30(13-11-27)18-23-5-7-25(8-6-23)33-15-14-31-19-24(28)17-29-31/h4-9,16-17,19,32H,3,10-15,18,20H2,1-2H3. The number of hydrogen-bond acceptors (Lipinski definition) is 5. The van der Waals surface area contributed by atoms with Crippen molar-refractivity contribution < 1.29 is 14.6 Å². The van der Waals surface area contributed by atoms with Crippen molar-refractivity contribution in [3.05, 3.63) is 76.6 Å². The van der Waals surface area contributed by atoms with Gasteiger partial charge < -0.3 is 14.6 Å². The quantitative estimate of drug-likeness (QED) is 0.462. The maximum Gasteiger partial charge on any atom is 0.122 e. The highest BCUT2D eigenvalue weighted by Crippen LogP contribution is 2.27. The average Bonchev–Trinajstić information content (AvgIpc) is 3.13. The van der Waals surface area contributed by atoms with Gasteiger partial charge in [0.25, 0.3) is 0 Å². The Kier molecular flexibility index (Phi) is 8.14. The van der Waals surface area contributed by atoms with Gasteiger partial charge in [-0.25, -0.2) is 0 Å². The SMILES string of the molecule is Cc1ccc(OCC2(O)CCCN(Cc3ccc(OCCn4cc(Cl)cn4)cc3)CC2)c(C)c1. The first-order chi connectivity index (χ1) is 16.4. The van der Waals surface area contributed by atoms with Crippen molar-refractivity contribution in [3.63, 3.8) is 0 Å². The minimum Gasteiger partial charge on any atom is -0.492 e. The van der Waals surface area contributed by atoms with Gasteiger partial charge in [0.1, 0.15) is 24.7 Å². The highest BCUT2D eigenvalue weighted by molar-refractivity contribution is 6.30. The maximum absolute atomic E-state index is 11.2. The Balaban J connectivity index is 1.23. The van der Waals surface area contributed by atoms with E-state index in [4.69, 9.17) is 21.1 Å². The van der Waals surface area contributed by atoms with Gasteiger partial charge in [0.05, 0.1) is 23.4 Å². The van der Waals surface area contributed by atoms with Crippen LogP contribution in [0.25, 0.3) is 0 Å². The lowest BCUT2D eigenvalue weighted by Crippen LogP contribution is -2.37. The fraction of sp³-hybridized carbons (Fsp3) is 0.444. The molecule has 0 bridgehead atoms. The summed E-state index contributed by atoms with van der Waals surface area (Å²) in [4.78, 5) is 2.41. The molecule has 1 aliphatic heterocycles. The highest BCUT2D eigenvalue weighted by Gasteiger charge is 2.31. The zero-order chi connectivity index (χ0) is 24.0. The molecule has 4 rings (SSSR count). The molecular formula is C27H34ClN3O3. The molecule has 2 heterocycles. The first-order valence-corrected chi connectivity index (χ1v) is 12.3. The summed E-state index contributed by atoms with van der Waals surface area (Å²) in [5.74, 6) is 1.70. The van der Waals surface area contributed by atoms with Crippen molar-refractivity contribution in [2.45, 2.75) is 51.8 Å². The third kappa shape index (κ3) is 6.98. The minimum absolute atomic E-state index is 0.335. The van der Waals surface area contributed by atoms with Gasteiger partial charge in [-0.2, -0.15) is 5.10 Å². The second kappa shape index (κ2) is 11.3. The number of hydrogen-bond donors (Lipinski definition) is 1. The summed E-state index contributed by atoms with van der Waals surface area (Å²) in [7, 11) is 0. The number of ether oxygens (including phenoxy) is 2. The molecule has 0 amide bonds. The molecular weight excluding hydrogens is 450 g/mol. The van der Waals surface area contributed by atoms with Crippen LogP contribution in [-0.2, 0) is 13.1 Å². The summed E-state index contributed by atoms with van der Waals surface area (Å²) in [5, 5.41) is 15.9. The lowest BCUT2D eigenvalue weighted by molar-refractivity contribution is -0.0170. The molecule has 0 radical (unpaired) electrons. The van der Waals surface area contributed by atoms with Crippen molar-refractivity contribution in [3.8, 4) is 11.5 Å². The number of halogens is 1. The lowest BCUT2D eigenvalue weighted by Gasteiger charge is -2.27.